The van der Waals surface area contributed by atoms with Crippen molar-refractivity contribution in [3.63, 3.8) is 0 Å². The van der Waals surface area contributed by atoms with Crippen molar-refractivity contribution in [1.29, 1.82) is 0 Å². The van der Waals surface area contributed by atoms with Gasteiger partial charge in [0.05, 0.1) is 13.2 Å². The zero-order valence-electron chi connectivity index (χ0n) is 18.4. The Kier molecular flexibility index (Phi) is 7.37. The molecule has 1 aromatic rings. The summed E-state index contributed by atoms with van der Waals surface area (Å²) >= 11 is 1.78. The average Bonchev–Trinajstić information content (AvgIpc) is 2.97. The molecule has 2 aliphatic heterocycles. The molecule has 0 N–H and O–H groups in total. The Balaban J connectivity index is 1.63. The van der Waals surface area contributed by atoms with Gasteiger partial charge in [0.25, 0.3) is 0 Å². The van der Waals surface area contributed by atoms with E-state index in [-0.39, 0.29) is 6.09 Å². The zero-order chi connectivity index (χ0) is 21.0. The van der Waals surface area contributed by atoms with Crippen LogP contribution in [0.2, 0.25) is 0 Å². The van der Waals surface area contributed by atoms with Crippen molar-refractivity contribution in [1.82, 2.24) is 19.3 Å². The molecule has 0 aliphatic carbocycles. The summed E-state index contributed by atoms with van der Waals surface area (Å²) in [5, 5.41) is 0. The van der Waals surface area contributed by atoms with E-state index in [1.807, 2.05) is 32.7 Å². The lowest BCUT2D eigenvalue weighted by atomic mass is 10.2. The third kappa shape index (κ3) is 6.04. The highest BCUT2D eigenvalue weighted by Crippen LogP contribution is 2.19. The first-order valence-corrected chi connectivity index (χ1v) is 11.2. The van der Waals surface area contributed by atoms with Crippen LogP contribution in [0.5, 0.6) is 0 Å². The number of nitrogens with zero attached hydrogens (tertiary/aromatic N) is 5. The molecule has 0 saturated carbocycles. The molecule has 2 fully saturated rings. The molecule has 0 aromatic carbocycles. The molecule has 0 unspecified atom stereocenters. The van der Waals surface area contributed by atoms with E-state index >= 15 is 0 Å². The molecule has 164 valence electrons. The highest BCUT2D eigenvalue weighted by Gasteiger charge is 2.27. The Morgan fingerprint density at radius 3 is 2.28 bits per heavy atom. The Morgan fingerprint density at radius 2 is 1.69 bits per heavy atom. The first-order valence-electron chi connectivity index (χ1n) is 10.4. The minimum atomic E-state index is -0.451. The van der Waals surface area contributed by atoms with Crippen LogP contribution in [0.15, 0.2) is 4.99 Å². The number of rotatable bonds is 4. The van der Waals surface area contributed by atoms with Gasteiger partial charge in [0.1, 0.15) is 5.60 Å². The fourth-order valence-electron chi connectivity index (χ4n) is 3.64. The largest absolute Gasteiger partial charge is 0.444 e. The summed E-state index contributed by atoms with van der Waals surface area (Å²) in [6.45, 7) is 14.2. The fourth-order valence-corrected chi connectivity index (χ4v) is 4.77. The number of hydrogen-bond acceptors (Lipinski definition) is 7. The summed E-state index contributed by atoms with van der Waals surface area (Å²) in [6.07, 6.45) is -0.210. The number of piperazine rings is 1. The molecular formula is C20H35N5O3S. The number of morpholine rings is 1. The number of ether oxygens (including phenoxy) is 2. The monoisotopic (exact) mass is 425 g/mol. The predicted molar refractivity (Wildman–Crippen MR) is 114 cm³/mol. The topological polar surface area (TPSA) is 62.5 Å². The maximum absolute atomic E-state index is 12.3. The summed E-state index contributed by atoms with van der Waals surface area (Å²) in [5.74, 6) is 0. The van der Waals surface area contributed by atoms with Crippen LogP contribution >= 0.6 is 11.3 Å². The molecular weight excluding hydrogens is 390 g/mol. The normalized spacial score (nSPS) is 20.3. The lowest BCUT2D eigenvalue weighted by molar-refractivity contribution is 0.0136. The van der Waals surface area contributed by atoms with E-state index in [2.05, 4.69) is 26.4 Å². The van der Waals surface area contributed by atoms with Crippen molar-refractivity contribution in [2.45, 2.75) is 39.5 Å². The third-order valence-electron chi connectivity index (χ3n) is 5.29. The first-order chi connectivity index (χ1) is 13.8. The smallest absolute Gasteiger partial charge is 0.410 e. The van der Waals surface area contributed by atoms with Crippen LogP contribution in [-0.4, -0.2) is 90.5 Å². The van der Waals surface area contributed by atoms with Gasteiger partial charge in [-0.2, -0.15) is 0 Å². The van der Waals surface area contributed by atoms with Crippen molar-refractivity contribution in [2.75, 3.05) is 59.5 Å². The quantitative estimate of drug-likeness (QED) is 0.732. The lowest BCUT2D eigenvalue weighted by Crippen LogP contribution is -2.49. The molecule has 0 spiro atoms. The van der Waals surface area contributed by atoms with Gasteiger partial charge in [-0.15, -0.1) is 11.3 Å². The fraction of sp³-hybridized carbons (Fsp3) is 0.800. The van der Waals surface area contributed by atoms with Crippen molar-refractivity contribution in [3.8, 4) is 0 Å². The second-order valence-electron chi connectivity index (χ2n) is 8.67. The second-order valence-corrected chi connectivity index (χ2v) is 9.73. The summed E-state index contributed by atoms with van der Waals surface area (Å²) in [5.41, 5.74) is 0.875. The number of amides is 1. The van der Waals surface area contributed by atoms with Gasteiger partial charge in [0.2, 0.25) is 0 Å². The summed E-state index contributed by atoms with van der Waals surface area (Å²) in [6, 6.07) is 0. The van der Waals surface area contributed by atoms with Crippen LogP contribution in [0.4, 0.5) is 4.79 Å². The van der Waals surface area contributed by atoms with Crippen LogP contribution in [0.1, 0.15) is 31.3 Å². The number of aromatic nitrogens is 1. The van der Waals surface area contributed by atoms with E-state index in [1.165, 1.54) is 10.6 Å². The summed E-state index contributed by atoms with van der Waals surface area (Å²) in [4.78, 5) is 25.9. The van der Waals surface area contributed by atoms with Crippen molar-refractivity contribution < 1.29 is 14.3 Å². The van der Waals surface area contributed by atoms with E-state index in [4.69, 9.17) is 9.47 Å². The second kappa shape index (κ2) is 9.59. The molecule has 1 aromatic heterocycles. The Hall–Kier alpha value is -1.42. The van der Waals surface area contributed by atoms with Gasteiger partial charge in [-0.05, 0) is 20.8 Å². The molecule has 2 saturated heterocycles. The SMILES string of the molecule is CN=c1sc(CN2CCOCC2)c(CN2CCN(C(=O)OC(C)(C)C)CC2)n1C. The number of carbonyl (C=O) groups is 1. The minimum Gasteiger partial charge on any atom is -0.444 e. The highest BCUT2D eigenvalue weighted by molar-refractivity contribution is 7.09. The Labute approximate surface area is 177 Å². The molecule has 3 heterocycles. The van der Waals surface area contributed by atoms with Crippen molar-refractivity contribution in [3.05, 3.63) is 15.4 Å². The third-order valence-corrected chi connectivity index (χ3v) is 6.54. The van der Waals surface area contributed by atoms with Crippen molar-refractivity contribution >= 4 is 17.4 Å². The van der Waals surface area contributed by atoms with E-state index < -0.39 is 5.60 Å². The molecule has 29 heavy (non-hydrogen) atoms. The van der Waals surface area contributed by atoms with Gasteiger partial charge in [0, 0.05) is 77.0 Å². The van der Waals surface area contributed by atoms with Gasteiger partial charge in [-0.3, -0.25) is 14.8 Å². The summed E-state index contributed by atoms with van der Waals surface area (Å²) in [7, 11) is 3.96. The Morgan fingerprint density at radius 1 is 1.07 bits per heavy atom. The molecule has 2 aliphatic rings. The Bertz CT molecular complexity index is 753. The van der Waals surface area contributed by atoms with Crippen molar-refractivity contribution in [2.24, 2.45) is 12.0 Å². The summed E-state index contributed by atoms with van der Waals surface area (Å²) < 4.78 is 13.2. The highest BCUT2D eigenvalue weighted by atomic mass is 32.1. The van der Waals surface area contributed by atoms with Gasteiger partial charge in [0.15, 0.2) is 4.80 Å². The van der Waals surface area contributed by atoms with Crippen LogP contribution < -0.4 is 4.80 Å². The number of hydrogen-bond donors (Lipinski definition) is 0. The van der Waals surface area contributed by atoms with Gasteiger partial charge in [-0.1, -0.05) is 0 Å². The molecule has 0 radical (unpaired) electrons. The van der Waals surface area contributed by atoms with E-state index in [9.17, 15) is 4.79 Å². The molecule has 0 atom stereocenters. The number of thiazole rings is 1. The standard InChI is InChI=1S/C20H35N5O3S/c1-20(2,3)28-19(26)25-8-6-23(7-9-25)14-16-17(29-18(21-4)22(16)5)15-24-10-12-27-13-11-24/h6-15H2,1-5H3. The van der Waals surface area contributed by atoms with E-state index in [0.29, 0.717) is 13.1 Å². The van der Waals surface area contributed by atoms with Crippen LogP contribution in [0.3, 0.4) is 0 Å². The van der Waals surface area contributed by atoms with Gasteiger partial charge >= 0.3 is 6.09 Å². The van der Waals surface area contributed by atoms with E-state index in [0.717, 1.165) is 57.3 Å². The molecule has 3 rings (SSSR count). The van der Waals surface area contributed by atoms with E-state index in [1.54, 1.807) is 11.3 Å². The zero-order valence-corrected chi connectivity index (χ0v) is 19.3. The van der Waals surface area contributed by atoms with Crippen LogP contribution in [0, 0.1) is 0 Å². The first kappa shape index (κ1) is 22.3. The predicted octanol–water partition coefficient (Wildman–Crippen LogP) is 1.50. The lowest BCUT2D eigenvalue weighted by Gasteiger charge is -2.35. The molecule has 1 amide bonds. The van der Waals surface area contributed by atoms with Crippen LogP contribution in [-0.2, 0) is 29.6 Å². The van der Waals surface area contributed by atoms with Crippen LogP contribution in [0.25, 0.3) is 0 Å². The molecule has 8 nitrogen and oxygen atoms in total. The maximum atomic E-state index is 12.3. The molecule has 9 heteroatoms. The molecule has 0 bridgehead atoms. The minimum absolute atomic E-state index is 0.210. The maximum Gasteiger partial charge on any atom is 0.410 e. The number of carbonyl (C=O) groups excluding carboxylic acids is 1. The average molecular weight is 426 g/mol. The van der Waals surface area contributed by atoms with Gasteiger partial charge < -0.3 is 18.9 Å². The van der Waals surface area contributed by atoms with Gasteiger partial charge in [-0.25, -0.2) is 4.79 Å².